The van der Waals surface area contributed by atoms with E-state index in [2.05, 4.69) is 9.88 Å². The van der Waals surface area contributed by atoms with Crippen LogP contribution in [0.5, 0.6) is 0 Å². The molecule has 0 aliphatic carbocycles. The van der Waals surface area contributed by atoms with Crippen molar-refractivity contribution in [1.82, 2.24) is 4.98 Å². The van der Waals surface area contributed by atoms with Crippen LogP contribution in [0.2, 0.25) is 0 Å². The first-order chi connectivity index (χ1) is 12.9. The van der Waals surface area contributed by atoms with Crippen LogP contribution < -0.4 is 9.80 Å². The molecule has 1 unspecified atom stereocenters. The highest BCUT2D eigenvalue weighted by Gasteiger charge is 2.32. The summed E-state index contributed by atoms with van der Waals surface area (Å²) in [6.07, 6.45) is 2.24. The Morgan fingerprint density at radius 1 is 1.11 bits per heavy atom. The van der Waals surface area contributed by atoms with Gasteiger partial charge in [0, 0.05) is 36.7 Å². The fourth-order valence-electron chi connectivity index (χ4n) is 3.58. The van der Waals surface area contributed by atoms with E-state index in [0.717, 1.165) is 11.4 Å². The third kappa shape index (κ3) is 4.30. The second kappa shape index (κ2) is 8.08. The Morgan fingerprint density at radius 2 is 1.85 bits per heavy atom. The van der Waals surface area contributed by atoms with Crippen molar-refractivity contribution in [1.29, 1.82) is 0 Å². The van der Waals surface area contributed by atoms with Crippen molar-refractivity contribution in [3.63, 3.8) is 0 Å². The first-order valence-electron chi connectivity index (χ1n) is 9.25. The molecule has 2 aromatic rings. The molecular weight excluding hydrogens is 362 g/mol. The van der Waals surface area contributed by atoms with Gasteiger partial charge < -0.3 is 9.80 Å². The van der Waals surface area contributed by atoms with E-state index in [1.165, 1.54) is 0 Å². The number of sulfone groups is 1. The SMILES string of the molecule is CCN(C(=O)c1cc(N(CC)C2CCS(=O)(=O)C2)ccn1)c1ccccc1. The average molecular weight is 388 g/mol. The molecule has 3 rings (SSSR count). The van der Waals surface area contributed by atoms with Gasteiger partial charge in [-0.05, 0) is 44.5 Å². The largest absolute Gasteiger partial charge is 0.368 e. The second-order valence-electron chi connectivity index (χ2n) is 6.63. The summed E-state index contributed by atoms with van der Waals surface area (Å²) < 4.78 is 23.7. The highest BCUT2D eigenvalue weighted by Crippen LogP contribution is 2.25. The zero-order valence-electron chi connectivity index (χ0n) is 15.7. The van der Waals surface area contributed by atoms with E-state index >= 15 is 0 Å². The molecular formula is C20H25N3O3S. The Hall–Kier alpha value is -2.41. The van der Waals surface area contributed by atoms with Gasteiger partial charge in [0.05, 0.1) is 11.5 Å². The van der Waals surface area contributed by atoms with Crippen molar-refractivity contribution in [2.24, 2.45) is 0 Å². The van der Waals surface area contributed by atoms with Gasteiger partial charge in [0.15, 0.2) is 9.84 Å². The predicted molar refractivity (Wildman–Crippen MR) is 108 cm³/mol. The van der Waals surface area contributed by atoms with Crippen LogP contribution in [0.15, 0.2) is 48.7 Å². The fraction of sp³-hybridized carbons (Fsp3) is 0.400. The first kappa shape index (κ1) is 19.4. The van der Waals surface area contributed by atoms with Crippen molar-refractivity contribution < 1.29 is 13.2 Å². The number of pyridine rings is 1. The highest BCUT2D eigenvalue weighted by atomic mass is 32.2. The zero-order valence-corrected chi connectivity index (χ0v) is 16.5. The van der Waals surface area contributed by atoms with E-state index in [-0.39, 0.29) is 23.5 Å². The number of nitrogens with zero attached hydrogens (tertiary/aromatic N) is 3. The highest BCUT2D eigenvalue weighted by molar-refractivity contribution is 7.91. The molecule has 1 atom stereocenters. The van der Waals surface area contributed by atoms with E-state index in [4.69, 9.17) is 0 Å². The number of benzene rings is 1. The average Bonchev–Trinajstić information content (AvgIpc) is 3.03. The van der Waals surface area contributed by atoms with E-state index in [1.807, 2.05) is 50.2 Å². The zero-order chi connectivity index (χ0) is 19.4. The second-order valence-corrected chi connectivity index (χ2v) is 8.86. The summed E-state index contributed by atoms with van der Waals surface area (Å²) in [6.45, 7) is 5.13. The van der Waals surface area contributed by atoms with Gasteiger partial charge in [0.2, 0.25) is 0 Å². The van der Waals surface area contributed by atoms with E-state index in [0.29, 0.717) is 25.2 Å². The lowest BCUT2D eigenvalue weighted by atomic mass is 10.1. The molecule has 2 heterocycles. The standard InChI is InChI=1S/C20H25N3O3S/c1-3-22(18-11-13-27(25,26)15-18)17-10-12-21-19(14-17)20(24)23(4-2)16-8-6-5-7-9-16/h5-10,12,14,18H,3-4,11,13,15H2,1-2H3. The maximum absolute atomic E-state index is 13.0. The number of anilines is 2. The smallest absolute Gasteiger partial charge is 0.276 e. The molecule has 7 heteroatoms. The Kier molecular flexibility index (Phi) is 5.79. The summed E-state index contributed by atoms with van der Waals surface area (Å²) in [5.41, 5.74) is 2.02. The number of hydrogen-bond donors (Lipinski definition) is 0. The minimum Gasteiger partial charge on any atom is -0.368 e. The van der Waals surface area contributed by atoms with Crippen LogP contribution in [0, 0.1) is 0 Å². The Balaban J connectivity index is 1.87. The van der Waals surface area contributed by atoms with Crippen molar-refractivity contribution in [3.8, 4) is 0 Å². The summed E-state index contributed by atoms with van der Waals surface area (Å²) in [5.74, 6) is 0.223. The predicted octanol–water partition coefficient (Wildman–Crippen LogP) is 2.76. The van der Waals surface area contributed by atoms with Gasteiger partial charge in [-0.2, -0.15) is 0 Å². The maximum Gasteiger partial charge on any atom is 0.276 e. The van der Waals surface area contributed by atoms with Crippen molar-refractivity contribution in [3.05, 3.63) is 54.4 Å². The molecule has 1 aliphatic heterocycles. The third-order valence-corrected chi connectivity index (χ3v) is 6.66. The number of rotatable bonds is 6. The fourth-order valence-corrected chi connectivity index (χ4v) is 5.31. The van der Waals surface area contributed by atoms with Gasteiger partial charge in [-0.15, -0.1) is 0 Å². The number of para-hydroxylation sites is 1. The summed E-state index contributed by atoms with van der Waals surface area (Å²) in [7, 11) is -2.97. The monoisotopic (exact) mass is 387 g/mol. The quantitative estimate of drug-likeness (QED) is 0.762. The van der Waals surface area contributed by atoms with Crippen molar-refractivity contribution in [2.75, 3.05) is 34.4 Å². The van der Waals surface area contributed by atoms with Gasteiger partial charge in [-0.3, -0.25) is 9.78 Å². The van der Waals surface area contributed by atoms with Gasteiger partial charge in [-0.25, -0.2) is 8.42 Å². The molecule has 144 valence electrons. The molecule has 0 N–H and O–H groups in total. The Morgan fingerprint density at radius 3 is 2.44 bits per heavy atom. The molecule has 27 heavy (non-hydrogen) atoms. The van der Waals surface area contributed by atoms with E-state index in [1.54, 1.807) is 17.2 Å². The number of aromatic nitrogens is 1. The van der Waals surface area contributed by atoms with Gasteiger partial charge >= 0.3 is 0 Å². The van der Waals surface area contributed by atoms with Crippen LogP contribution in [-0.4, -0.2) is 49.9 Å². The normalized spacial score (nSPS) is 18.2. The van der Waals surface area contributed by atoms with E-state index < -0.39 is 9.84 Å². The summed E-state index contributed by atoms with van der Waals surface area (Å²) >= 11 is 0. The summed E-state index contributed by atoms with van der Waals surface area (Å²) in [4.78, 5) is 21.0. The van der Waals surface area contributed by atoms with Gasteiger partial charge in [0.25, 0.3) is 5.91 Å². The molecule has 0 radical (unpaired) electrons. The maximum atomic E-state index is 13.0. The van der Waals surface area contributed by atoms with Crippen LogP contribution in [0.4, 0.5) is 11.4 Å². The van der Waals surface area contributed by atoms with Crippen LogP contribution >= 0.6 is 0 Å². The lowest BCUT2D eigenvalue weighted by molar-refractivity contribution is 0.0983. The summed E-state index contributed by atoms with van der Waals surface area (Å²) in [5, 5.41) is 0. The molecule has 1 fully saturated rings. The van der Waals surface area contributed by atoms with Gasteiger partial charge in [0.1, 0.15) is 5.69 Å². The van der Waals surface area contributed by atoms with Crippen molar-refractivity contribution in [2.45, 2.75) is 26.3 Å². The molecule has 1 saturated heterocycles. The minimum absolute atomic E-state index is 0.0539. The molecule has 6 nitrogen and oxygen atoms in total. The lowest BCUT2D eigenvalue weighted by Crippen LogP contribution is -2.36. The Bertz CT molecular complexity index is 900. The first-order valence-corrected chi connectivity index (χ1v) is 11.1. The van der Waals surface area contributed by atoms with Crippen LogP contribution in [0.3, 0.4) is 0 Å². The molecule has 1 aromatic heterocycles. The topological polar surface area (TPSA) is 70.6 Å². The lowest BCUT2D eigenvalue weighted by Gasteiger charge is -2.29. The molecule has 0 bridgehead atoms. The Labute approximate surface area is 160 Å². The molecule has 1 aliphatic rings. The molecule has 1 amide bonds. The van der Waals surface area contributed by atoms with Crippen LogP contribution in [0.1, 0.15) is 30.8 Å². The molecule has 0 saturated carbocycles. The van der Waals surface area contributed by atoms with Crippen LogP contribution in [-0.2, 0) is 9.84 Å². The summed E-state index contributed by atoms with van der Waals surface area (Å²) in [6, 6.07) is 13.0. The van der Waals surface area contributed by atoms with Gasteiger partial charge in [-0.1, -0.05) is 18.2 Å². The number of hydrogen-bond acceptors (Lipinski definition) is 5. The van der Waals surface area contributed by atoms with Crippen molar-refractivity contribution >= 4 is 27.1 Å². The molecule has 0 spiro atoms. The molecule has 1 aromatic carbocycles. The number of carbonyl (C=O) groups excluding carboxylic acids is 1. The number of amides is 1. The van der Waals surface area contributed by atoms with E-state index in [9.17, 15) is 13.2 Å². The van der Waals surface area contributed by atoms with Crippen LogP contribution in [0.25, 0.3) is 0 Å². The minimum atomic E-state index is -2.97. The third-order valence-electron chi connectivity index (χ3n) is 4.91. The number of carbonyl (C=O) groups is 1.